The predicted octanol–water partition coefficient (Wildman–Crippen LogP) is 1.27. The zero-order valence-electron chi connectivity index (χ0n) is 10.1. The second-order valence-corrected chi connectivity index (χ2v) is 6.96. The van der Waals surface area contributed by atoms with E-state index in [0.29, 0.717) is 6.54 Å². The number of nitrogens with zero attached hydrogens (tertiary/aromatic N) is 2. The Morgan fingerprint density at radius 3 is 2.72 bits per heavy atom. The van der Waals surface area contributed by atoms with Crippen molar-refractivity contribution in [1.82, 2.24) is 15.1 Å². The molecule has 0 spiro atoms. The van der Waals surface area contributed by atoms with Gasteiger partial charge in [0, 0.05) is 23.3 Å². The smallest absolute Gasteiger partial charge is 0.276 e. The van der Waals surface area contributed by atoms with Gasteiger partial charge in [0.15, 0.2) is 5.69 Å². The maximum atomic E-state index is 12.3. The molecule has 2 heterocycles. The summed E-state index contributed by atoms with van der Waals surface area (Å²) >= 11 is 0. The van der Waals surface area contributed by atoms with Gasteiger partial charge in [0.1, 0.15) is 4.90 Å². The highest BCUT2D eigenvalue weighted by Crippen LogP contribution is 2.26. The van der Waals surface area contributed by atoms with Crippen molar-refractivity contribution in [2.24, 2.45) is 0 Å². The fourth-order valence-corrected chi connectivity index (χ4v) is 3.57. The van der Waals surface area contributed by atoms with Crippen LogP contribution in [-0.4, -0.2) is 42.0 Å². The first kappa shape index (κ1) is 13.4. The van der Waals surface area contributed by atoms with Crippen LogP contribution in [0, 0.1) is 6.92 Å². The van der Waals surface area contributed by atoms with Gasteiger partial charge in [-0.05, 0) is 26.7 Å². The lowest BCUT2D eigenvalue weighted by Crippen LogP contribution is -2.34. The van der Waals surface area contributed by atoms with Crippen LogP contribution in [0.2, 0.25) is 0 Å². The fourth-order valence-electron chi connectivity index (χ4n) is 2.23. The van der Waals surface area contributed by atoms with E-state index in [1.165, 1.54) is 6.92 Å². The van der Waals surface area contributed by atoms with Crippen molar-refractivity contribution in [1.29, 1.82) is 0 Å². The number of hydrogen-bond acceptors (Lipinski definition) is 4. The third-order valence-corrected chi connectivity index (χ3v) is 4.60. The molecule has 0 saturated carbocycles. The summed E-state index contributed by atoms with van der Waals surface area (Å²) < 4.78 is 22.9. The van der Waals surface area contributed by atoms with Crippen LogP contribution in [0.4, 0.5) is 0 Å². The Morgan fingerprint density at radius 1 is 1.56 bits per heavy atom. The number of halogens is 1. The molecule has 100 valence electrons. The summed E-state index contributed by atoms with van der Waals surface area (Å²) in [5.41, 5.74) is 0.163. The monoisotopic (exact) mass is 291 g/mol. The minimum atomic E-state index is -3.98. The molecule has 0 radical (unpaired) electrons. The number of aromatic amines is 1. The van der Waals surface area contributed by atoms with Crippen molar-refractivity contribution >= 4 is 25.6 Å². The van der Waals surface area contributed by atoms with E-state index < -0.39 is 9.05 Å². The van der Waals surface area contributed by atoms with E-state index in [-0.39, 0.29) is 28.2 Å². The molecule has 0 aliphatic carbocycles. The van der Waals surface area contributed by atoms with E-state index in [0.717, 1.165) is 12.8 Å². The lowest BCUT2D eigenvalue weighted by Gasteiger charge is -2.20. The van der Waals surface area contributed by atoms with Gasteiger partial charge in [-0.25, -0.2) is 8.42 Å². The minimum absolute atomic E-state index is 0.0976. The van der Waals surface area contributed by atoms with Crippen molar-refractivity contribution in [3.63, 3.8) is 0 Å². The Hall–Kier alpha value is -1.08. The van der Waals surface area contributed by atoms with Crippen molar-refractivity contribution in [2.75, 3.05) is 6.54 Å². The Bertz CT molecular complexity index is 581. The molecule has 1 unspecified atom stereocenters. The summed E-state index contributed by atoms with van der Waals surface area (Å²) in [6, 6.07) is 0.0976. The average molecular weight is 292 g/mol. The van der Waals surface area contributed by atoms with Crippen LogP contribution in [0.5, 0.6) is 0 Å². The number of likely N-dealkylation sites (tertiary alicyclic amines) is 1. The van der Waals surface area contributed by atoms with Gasteiger partial charge in [0.25, 0.3) is 15.0 Å². The molecule has 6 nitrogen and oxygen atoms in total. The van der Waals surface area contributed by atoms with Crippen LogP contribution in [0.15, 0.2) is 4.90 Å². The predicted molar refractivity (Wildman–Crippen MR) is 66.1 cm³/mol. The molecule has 8 heteroatoms. The fraction of sp³-hybridized carbons (Fsp3) is 0.600. The molecule has 0 bridgehead atoms. The van der Waals surface area contributed by atoms with Gasteiger partial charge < -0.3 is 4.90 Å². The van der Waals surface area contributed by atoms with Gasteiger partial charge in [-0.2, -0.15) is 5.10 Å². The van der Waals surface area contributed by atoms with Gasteiger partial charge in [0.2, 0.25) is 0 Å². The molecule has 1 amide bonds. The van der Waals surface area contributed by atoms with E-state index >= 15 is 0 Å². The standard InChI is InChI=1S/C10H14ClN3O3S/c1-6-4-3-5-14(6)10(15)8-9(18(11,16)17)7(2)12-13-8/h6H,3-5H2,1-2H3,(H,12,13). The summed E-state index contributed by atoms with van der Waals surface area (Å²) in [6.45, 7) is 4.07. The highest BCUT2D eigenvalue weighted by molar-refractivity contribution is 8.13. The molecule has 1 saturated heterocycles. The molecular formula is C10H14ClN3O3S. The lowest BCUT2D eigenvalue weighted by atomic mass is 10.2. The molecule has 1 N–H and O–H groups in total. The number of carbonyl (C=O) groups is 1. The second-order valence-electron chi connectivity index (χ2n) is 4.45. The molecule has 1 aromatic rings. The molecular weight excluding hydrogens is 278 g/mol. The van der Waals surface area contributed by atoms with Gasteiger partial charge >= 0.3 is 0 Å². The van der Waals surface area contributed by atoms with Crippen LogP contribution >= 0.6 is 10.7 Å². The molecule has 18 heavy (non-hydrogen) atoms. The maximum Gasteiger partial charge on any atom is 0.276 e. The summed E-state index contributed by atoms with van der Waals surface area (Å²) in [7, 11) is 1.36. The number of hydrogen-bond donors (Lipinski definition) is 1. The molecule has 2 rings (SSSR count). The summed E-state index contributed by atoms with van der Waals surface area (Å²) in [5, 5.41) is 6.28. The van der Waals surface area contributed by atoms with E-state index in [1.807, 2.05) is 6.92 Å². The quantitative estimate of drug-likeness (QED) is 0.832. The van der Waals surface area contributed by atoms with E-state index in [9.17, 15) is 13.2 Å². The molecule has 1 aliphatic rings. The number of aromatic nitrogens is 2. The van der Waals surface area contributed by atoms with Crippen molar-refractivity contribution < 1.29 is 13.2 Å². The van der Waals surface area contributed by atoms with Crippen LogP contribution in [0.1, 0.15) is 35.9 Å². The average Bonchev–Trinajstić information content (AvgIpc) is 2.82. The highest BCUT2D eigenvalue weighted by Gasteiger charge is 2.33. The van der Waals surface area contributed by atoms with Gasteiger partial charge in [0.05, 0.1) is 5.69 Å². The Balaban J connectivity index is 2.43. The van der Waals surface area contributed by atoms with Gasteiger partial charge in [-0.15, -0.1) is 0 Å². The number of aryl methyl sites for hydroxylation is 1. The Labute approximate surface area is 110 Å². The normalized spacial score (nSPS) is 20.4. The summed E-state index contributed by atoms with van der Waals surface area (Å²) in [5.74, 6) is -0.386. The third-order valence-electron chi connectivity index (χ3n) is 3.15. The zero-order chi connectivity index (χ0) is 13.5. The molecule has 1 fully saturated rings. The zero-order valence-corrected chi connectivity index (χ0v) is 11.7. The first-order valence-electron chi connectivity index (χ1n) is 5.63. The topological polar surface area (TPSA) is 83.1 Å². The van der Waals surface area contributed by atoms with E-state index in [1.54, 1.807) is 4.90 Å². The molecule has 1 aliphatic heterocycles. The SMILES string of the molecule is Cc1[nH]nc(C(=O)N2CCCC2C)c1S(=O)(=O)Cl. The maximum absolute atomic E-state index is 12.3. The lowest BCUT2D eigenvalue weighted by molar-refractivity contribution is 0.0737. The van der Waals surface area contributed by atoms with Crippen LogP contribution in [-0.2, 0) is 9.05 Å². The second kappa shape index (κ2) is 4.55. The van der Waals surface area contributed by atoms with Crippen molar-refractivity contribution in [2.45, 2.75) is 37.6 Å². The number of rotatable bonds is 2. The number of amides is 1. The molecule has 1 atom stereocenters. The Kier molecular flexibility index (Phi) is 3.37. The van der Waals surface area contributed by atoms with Gasteiger partial charge in [-0.1, -0.05) is 0 Å². The Morgan fingerprint density at radius 2 is 2.22 bits per heavy atom. The van der Waals surface area contributed by atoms with Crippen LogP contribution in [0.25, 0.3) is 0 Å². The van der Waals surface area contributed by atoms with Crippen LogP contribution < -0.4 is 0 Å². The highest BCUT2D eigenvalue weighted by atomic mass is 35.7. The molecule has 0 aromatic carbocycles. The number of H-pyrrole nitrogens is 1. The number of carbonyl (C=O) groups excluding carboxylic acids is 1. The summed E-state index contributed by atoms with van der Waals surface area (Å²) in [4.78, 5) is 13.7. The summed E-state index contributed by atoms with van der Waals surface area (Å²) in [6.07, 6.45) is 1.83. The van der Waals surface area contributed by atoms with E-state index in [2.05, 4.69) is 10.2 Å². The number of nitrogens with one attached hydrogen (secondary N) is 1. The van der Waals surface area contributed by atoms with Crippen molar-refractivity contribution in [3.8, 4) is 0 Å². The molecule has 1 aromatic heterocycles. The first-order valence-corrected chi connectivity index (χ1v) is 7.94. The van der Waals surface area contributed by atoms with Gasteiger partial charge in [-0.3, -0.25) is 9.89 Å². The largest absolute Gasteiger partial charge is 0.335 e. The van der Waals surface area contributed by atoms with Crippen molar-refractivity contribution in [3.05, 3.63) is 11.4 Å². The van der Waals surface area contributed by atoms with Crippen LogP contribution in [0.3, 0.4) is 0 Å². The third kappa shape index (κ3) is 2.24. The first-order chi connectivity index (χ1) is 8.32. The van der Waals surface area contributed by atoms with E-state index in [4.69, 9.17) is 10.7 Å². The minimum Gasteiger partial charge on any atom is -0.335 e.